The zero-order chi connectivity index (χ0) is 10.2. The van der Waals surface area contributed by atoms with Gasteiger partial charge in [-0.2, -0.15) is 0 Å². The van der Waals surface area contributed by atoms with Gasteiger partial charge >= 0.3 is 0 Å². The average molecular weight is 217 g/mol. The fourth-order valence-corrected chi connectivity index (χ4v) is 2.89. The van der Waals surface area contributed by atoms with Crippen LogP contribution in [-0.2, 0) is 0 Å². The van der Waals surface area contributed by atoms with Crippen LogP contribution in [0.25, 0.3) is 0 Å². The first-order valence-electron chi connectivity index (χ1n) is 5.31. The standard InChI is InChI=1S/C10H19NO2S/c12-7-8-14-10-6-4-2-1-3-5-9(10)11-13/h10,12-13H,1-8H2/b11-9+. The Balaban J connectivity index is 2.46. The van der Waals surface area contributed by atoms with Crippen LogP contribution in [-0.4, -0.2) is 33.6 Å². The van der Waals surface area contributed by atoms with Crippen LogP contribution >= 0.6 is 11.8 Å². The number of oxime groups is 1. The van der Waals surface area contributed by atoms with Gasteiger partial charge in [0.15, 0.2) is 0 Å². The molecule has 1 aliphatic carbocycles. The Morgan fingerprint density at radius 2 is 2.07 bits per heavy atom. The molecular weight excluding hydrogens is 198 g/mol. The largest absolute Gasteiger partial charge is 0.411 e. The van der Waals surface area contributed by atoms with Gasteiger partial charge in [-0.25, -0.2) is 0 Å². The summed E-state index contributed by atoms with van der Waals surface area (Å²) in [4.78, 5) is 0. The summed E-state index contributed by atoms with van der Waals surface area (Å²) < 4.78 is 0. The van der Waals surface area contributed by atoms with E-state index in [-0.39, 0.29) is 6.61 Å². The van der Waals surface area contributed by atoms with Crippen LogP contribution in [0.5, 0.6) is 0 Å². The van der Waals surface area contributed by atoms with Gasteiger partial charge in [-0.1, -0.05) is 24.4 Å². The summed E-state index contributed by atoms with van der Waals surface area (Å²) in [5, 5.41) is 21.4. The molecule has 1 saturated carbocycles. The Kier molecular flexibility index (Phi) is 6.03. The summed E-state index contributed by atoms with van der Waals surface area (Å²) in [6.07, 6.45) is 6.88. The van der Waals surface area contributed by atoms with Crippen molar-refractivity contribution in [1.29, 1.82) is 0 Å². The molecule has 0 aliphatic heterocycles. The Hall–Kier alpha value is -0.220. The van der Waals surface area contributed by atoms with Crippen molar-refractivity contribution in [1.82, 2.24) is 0 Å². The van der Waals surface area contributed by atoms with E-state index in [0.29, 0.717) is 5.25 Å². The first kappa shape index (κ1) is 11.9. The Morgan fingerprint density at radius 3 is 2.79 bits per heavy atom. The molecule has 1 atom stereocenters. The van der Waals surface area contributed by atoms with Crippen molar-refractivity contribution in [3.63, 3.8) is 0 Å². The zero-order valence-corrected chi connectivity index (χ0v) is 9.30. The highest BCUT2D eigenvalue weighted by Crippen LogP contribution is 2.24. The number of aliphatic hydroxyl groups is 1. The van der Waals surface area contributed by atoms with Crippen molar-refractivity contribution in [3.8, 4) is 0 Å². The molecule has 82 valence electrons. The number of thioether (sulfide) groups is 1. The van der Waals surface area contributed by atoms with Gasteiger partial charge in [0.2, 0.25) is 0 Å². The van der Waals surface area contributed by atoms with Gasteiger partial charge in [0, 0.05) is 11.0 Å². The first-order valence-corrected chi connectivity index (χ1v) is 6.36. The minimum absolute atomic E-state index is 0.208. The lowest BCUT2D eigenvalue weighted by atomic mass is 9.99. The van der Waals surface area contributed by atoms with E-state index >= 15 is 0 Å². The van der Waals surface area contributed by atoms with Crippen molar-refractivity contribution in [2.24, 2.45) is 5.16 Å². The van der Waals surface area contributed by atoms with Gasteiger partial charge in [-0.3, -0.25) is 0 Å². The minimum atomic E-state index is 0.208. The summed E-state index contributed by atoms with van der Waals surface area (Å²) in [7, 11) is 0. The van der Waals surface area contributed by atoms with Crippen molar-refractivity contribution in [2.75, 3.05) is 12.4 Å². The predicted octanol–water partition coefficient (Wildman–Crippen LogP) is 2.26. The van der Waals surface area contributed by atoms with E-state index in [2.05, 4.69) is 5.16 Å². The lowest BCUT2D eigenvalue weighted by Gasteiger charge is -2.19. The smallest absolute Gasteiger partial charge is 0.0700 e. The van der Waals surface area contributed by atoms with Crippen LogP contribution in [0.3, 0.4) is 0 Å². The van der Waals surface area contributed by atoms with Crippen LogP contribution < -0.4 is 0 Å². The molecule has 1 aliphatic rings. The van der Waals surface area contributed by atoms with E-state index in [1.54, 1.807) is 11.8 Å². The maximum atomic E-state index is 8.89. The molecular formula is C10H19NO2S. The molecule has 14 heavy (non-hydrogen) atoms. The molecule has 0 aromatic carbocycles. The lowest BCUT2D eigenvalue weighted by molar-refractivity contribution is 0.315. The predicted molar refractivity (Wildman–Crippen MR) is 60.3 cm³/mol. The van der Waals surface area contributed by atoms with Gasteiger partial charge in [0.25, 0.3) is 0 Å². The topological polar surface area (TPSA) is 52.8 Å². The van der Waals surface area contributed by atoms with Crippen LogP contribution in [0.4, 0.5) is 0 Å². The van der Waals surface area contributed by atoms with E-state index in [1.165, 1.54) is 19.3 Å². The summed E-state index contributed by atoms with van der Waals surface area (Å²) in [5.74, 6) is 0.740. The fraction of sp³-hybridized carbons (Fsp3) is 0.900. The normalized spacial score (nSPS) is 27.2. The fourth-order valence-electron chi connectivity index (χ4n) is 1.81. The van der Waals surface area contributed by atoms with E-state index in [4.69, 9.17) is 10.3 Å². The molecule has 2 N–H and O–H groups in total. The quantitative estimate of drug-likeness (QED) is 0.563. The number of nitrogens with zero attached hydrogens (tertiary/aromatic N) is 1. The number of hydrogen-bond acceptors (Lipinski definition) is 4. The Morgan fingerprint density at radius 1 is 1.29 bits per heavy atom. The summed E-state index contributed by atoms with van der Waals surface area (Å²) >= 11 is 1.71. The molecule has 0 aromatic heterocycles. The van der Waals surface area contributed by atoms with Gasteiger partial charge in [-0.05, 0) is 19.3 Å². The summed E-state index contributed by atoms with van der Waals surface area (Å²) in [6, 6.07) is 0. The van der Waals surface area contributed by atoms with Gasteiger partial charge in [-0.15, -0.1) is 11.8 Å². The van der Waals surface area contributed by atoms with Crippen molar-refractivity contribution < 1.29 is 10.3 Å². The average Bonchev–Trinajstić information content (AvgIpc) is 2.17. The van der Waals surface area contributed by atoms with Gasteiger partial charge < -0.3 is 10.3 Å². The van der Waals surface area contributed by atoms with Crippen molar-refractivity contribution in [2.45, 2.75) is 43.8 Å². The monoisotopic (exact) mass is 217 g/mol. The highest BCUT2D eigenvalue weighted by atomic mass is 32.2. The van der Waals surface area contributed by atoms with Crippen LogP contribution in [0.2, 0.25) is 0 Å². The van der Waals surface area contributed by atoms with Gasteiger partial charge in [0.05, 0.1) is 12.3 Å². The van der Waals surface area contributed by atoms with Crippen molar-refractivity contribution >= 4 is 17.5 Å². The molecule has 1 rings (SSSR count). The molecule has 0 amide bonds. The molecule has 1 unspecified atom stereocenters. The second-order valence-electron chi connectivity index (χ2n) is 3.63. The Labute approximate surface area is 89.6 Å². The number of aliphatic hydroxyl groups excluding tert-OH is 1. The molecule has 0 saturated heterocycles. The molecule has 1 fully saturated rings. The van der Waals surface area contributed by atoms with E-state index in [0.717, 1.165) is 30.7 Å². The third-order valence-corrected chi connectivity index (χ3v) is 3.89. The van der Waals surface area contributed by atoms with Gasteiger partial charge in [0.1, 0.15) is 0 Å². The molecule has 0 heterocycles. The van der Waals surface area contributed by atoms with E-state index in [1.807, 2.05) is 0 Å². The second kappa shape index (κ2) is 7.12. The lowest BCUT2D eigenvalue weighted by Crippen LogP contribution is -2.20. The first-order chi connectivity index (χ1) is 6.88. The summed E-state index contributed by atoms with van der Waals surface area (Å²) in [5.41, 5.74) is 0.920. The molecule has 4 heteroatoms. The summed E-state index contributed by atoms with van der Waals surface area (Å²) in [6.45, 7) is 0.208. The van der Waals surface area contributed by atoms with Crippen LogP contribution in [0.15, 0.2) is 5.16 Å². The number of rotatable bonds is 3. The SMILES string of the molecule is OCCSC1CCCCCC/C1=N\O. The third kappa shape index (κ3) is 3.88. The molecule has 3 nitrogen and oxygen atoms in total. The Bertz CT molecular complexity index is 183. The molecule has 0 radical (unpaired) electrons. The third-order valence-electron chi connectivity index (χ3n) is 2.56. The highest BCUT2D eigenvalue weighted by molar-refractivity contribution is 8.00. The molecule has 0 bridgehead atoms. The highest BCUT2D eigenvalue weighted by Gasteiger charge is 2.18. The van der Waals surface area contributed by atoms with Crippen molar-refractivity contribution in [3.05, 3.63) is 0 Å². The number of hydrogen-bond donors (Lipinski definition) is 2. The van der Waals surface area contributed by atoms with Crippen LogP contribution in [0, 0.1) is 0 Å². The van der Waals surface area contributed by atoms with E-state index < -0.39 is 0 Å². The molecule has 0 aromatic rings. The van der Waals surface area contributed by atoms with E-state index in [9.17, 15) is 0 Å². The maximum Gasteiger partial charge on any atom is 0.0700 e. The second-order valence-corrected chi connectivity index (χ2v) is 4.94. The van der Waals surface area contributed by atoms with Crippen LogP contribution in [0.1, 0.15) is 38.5 Å². The zero-order valence-electron chi connectivity index (χ0n) is 8.48. The molecule has 0 spiro atoms. The minimum Gasteiger partial charge on any atom is -0.411 e. The maximum absolute atomic E-state index is 8.89.